The smallest absolute Gasteiger partial charge is 0.220 e. The summed E-state index contributed by atoms with van der Waals surface area (Å²) in [4.78, 5) is 13.5. The SMILES string of the molecule is CCCCCCCCCCCCCCCCCCCCCCCCCCCCCCCCCCCCCCCCCCC(=O)NC(COC1OC(CO)C(OC2OC(CO)C(OC3OC(CO)C(O)C(O)C3O)C(O)C2O)C(O)C1O)C(O)CCCCCCCCCCCCCCCCCCC. The summed E-state index contributed by atoms with van der Waals surface area (Å²) in [6.45, 7) is 1.87. The molecule has 0 spiro atoms. The zero-order valence-electron chi connectivity index (χ0n) is 65.1. The highest BCUT2D eigenvalue weighted by molar-refractivity contribution is 5.76. The number of ether oxygens (including phenoxy) is 6. The predicted octanol–water partition coefficient (Wildman–Crippen LogP) is 15.4. The van der Waals surface area contributed by atoms with Crippen LogP contribution in [-0.2, 0) is 33.2 Å². The Hall–Kier alpha value is -1.21. The number of unbranched alkanes of at least 4 members (excludes halogenated alkanes) is 55. The Morgan fingerprint density at radius 1 is 0.314 bits per heavy atom. The van der Waals surface area contributed by atoms with Crippen LogP contribution in [0.2, 0.25) is 0 Å². The third-order valence-electron chi connectivity index (χ3n) is 22.2. The van der Waals surface area contributed by atoms with Crippen LogP contribution in [0, 0.1) is 0 Å². The lowest BCUT2D eigenvalue weighted by molar-refractivity contribution is -0.379. The highest BCUT2D eigenvalue weighted by atomic mass is 16.8. The van der Waals surface area contributed by atoms with Crippen molar-refractivity contribution >= 4 is 5.91 Å². The fraction of sp³-hybridized carbons (Fsp3) is 0.988. The quantitative estimate of drug-likeness (QED) is 0.0252. The van der Waals surface area contributed by atoms with Crippen molar-refractivity contribution in [3.63, 3.8) is 0 Å². The standard InChI is InChI=1S/C83H161NO18/c1-3-5-7-9-11-13-15-17-19-21-22-23-24-25-26-27-28-29-30-31-32-33-34-35-36-37-38-39-40-41-42-43-45-47-49-51-53-55-57-59-61-71(89)84-66(67(88)60-58-56-54-52-50-48-46-44-20-18-16-14-12-10-8-6-4-2)65-97-81-77(95)74(92)79(69(63-86)99-81)102-83-78(96)75(93)80(70(64-87)100-83)101-82-76(94)73(91)72(90)68(62-85)98-82/h66-70,72-83,85-88,90-96H,3-65H2,1-2H3,(H,84,89). The van der Waals surface area contributed by atoms with E-state index >= 15 is 0 Å². The number of amides is 1. The summed E-state index contributed by atoms with van der Waals surface area (Å²) in [5, 5.41) is 121. The lowest BCUT2D eigenvalue weighted by atomic mass is 9.96. The molecule has 0 aromatic heterocycles. The molecule has 19 nitrogen and oxygen atoms in total. The predicted molar refractivity (Wildman–Crippen MR) is 407 cm³/mol. The normalized spacial score (nSPS) is 26.1. The Morgan fingerprint density at radius 2 is 0.559 bits per heavy atom. The number of carbonyl (C=O) groups excluding carboxylic acids is 1. The number of nitrogens with one attached hydrogen (secondary N) is 1. The van der Waals surface area contributed by atoms with Crippen molar-refractivity contribution in [2.24, 2.45) is 0 Å². The van der Waals surface area contributed by atoms with Crippen molar-refractivity contribution in [2.75, 3.05) is 26.4 Å². The highest BCUT2D eigenvalue weighted by Crippen LogP contribution is 2.34. The molecule has 3 fully saturated rings. The summed E-state index contributed by atoms with van der Waals surface area (Å²) in [5.41, 5.74) is 0. The van der Waals surface area contributed by atoms with Gasteiger partial charge in [0, 0.05) is 6.42 Å². The van der Waals surface area contributed by atoms with Gasteiger partial charge in [0.15, 0.2) is 18.9 Å². The van der Waals surface area contributed by atoms with Crippen LogP contribution in [0.25, 0.3) is 0 Å². The second-order valence-electron chi connectivity index (χ2n) is 31.4. The van der Waals surface area contributed by atoms with Crippen molar-refractivity contribution in [2.45, 2.75) is 497 Å². The summed E-state index contributed by atoms with van der Waals surface area (Å²) in [7, 11) is 0. The molecule has 102 heavy (non-hydrogen) atoms. The summed E-state index contributed by atoms with van der Waals surface area (Å²) in [6, 6.07) is -0.883. The summed E-state index contributed by atoms with van der Waals surface area (Å²) in [5.74, 6) is -0.233. The third kappa shape index (κ3) is 43.8. The molecule has 0 bridgehead atoms. The van der Waals surface area contributed by atoms with E-state index < -0.39 is 124 Å². The van der Waals surface area contributed by atoms with Crippen molar-refractivity contribution in [3.8, 4) is 0 Å². The Morgan fingerprint density at radius 3 is 0.853 bits per heavy atom. The Labute approximate surface area is 621 Å². The van der Waals surface area contributed by atoms with E-state index in [9.17, 15) is 61.0 Å². The van der Waals surface area contributed by atoms with E-state index in [1.54, 1.807) is 0 Å². The van der Waals surface area contributed by atoms with Gasteiger partial charge in [-0.2, -0.15) is 0 Å². The van der Waals surface area contributed by atoms with Gasteiger partial charge in [-0.3, -0.25) is 4.79 Å². The third-order valence-corrected chi connectivity index (χ3v) is 22.2. The van der Waals surface area contributed by atoms with E-state index in [0.29, 0.717) is 12.8 Å². The first-order valence-corrected chi connectivity index (χ1v) is 43.3. The van der Waals surface area contributed by atoms with Gasteiger partial charge in [-0.25, -0.2) is 0 Å². The summed E-state index contributed by atoms with van der Waals surface area (Å²) >= 11 is 0. The van der Waals surface area contributed by atoms with E-state index in [2.05, 4.69) is 19.2 Å². The van der Waals surface area contributed by atoms with Crippen molar-refractivity contribution < 1.29 is 89.4 Å². The van der Waals surface area contributed by atoms with E-state index in [4.69, 9.17) is 28.4 Å². The zero-order chi connectivity index (χ0) is 73.9. The number of carbonyl (C=O) groups is 1. The molecule has 19 heteroatoms. The van der Waals surface area contributed by atoms with E-state index in [-0.39, 0.29) is 18.9 Å². The van der Waals surface area contributed by atoms with Crippen molar-refractivity contribution in [1.29, 1.82) is 0 Å². The van der Waals surface area contributed by atoms with Crippen molar-refractivity contribution in [3.05, 3.63) is 0 Å². The van der Waals surface area contributed by atoms with Gasteiger partial charge >= 0.3 is 0 Å². The lowest BCUT2D eigenvalue weighted by Gasteiger charge is -2.48. The largest absolute Gasteiger partial charge is 0.394 e. The summed E-state index contributed by atoms with van der Waals surface area (Å²) < 4.78 is 34.5. The molecule has 0 saturated carbocycles. The molecule has 1 amide bonds. The minimum absolute atomic E-state index is 0.233. The number of rotatable bonds is 71. The van der Waals surface area contributed by atoms with Gasteiger partial charge in [0.05, 0.1) is 38.6 Å². The summed E-state index contributed by atoms with van der Waals surface area (Å²) in [6.07, 6.45) is 49.5. The molecule has 0 aromatic carbocycles. The highest BCUT2D eigenvalue weighted by Gasteiger charge is 2.54. The Bertz CT molecular complexity index is 1840. The van der Waals surface area contributed by atoms with Gasteiger partial charge in [-0.1, -0.05) is 373 Å². The molecule has 12 N–H and O–H groups in total. The van der Waals surface area contributed by atoms with Gasteiger partial charge in [0.25, 0.3) is 0 Å². The molecular formula is C83H161NO18. The van der Waals surface area contributed by atoms with Gasteiger partial charge in [-0.05, 0) is 12.8 Å². The van der Waals surface area contributed by atoms with Gasteiger partial charge in [0.1, 0.15) is 73.2 Å². The first-order valence-electron chi connectivity index (χ1n) is 43.3. The fourth-order valence-corrected chi connectivity index (χ4v) is 15.3. The molecular weight excluding hydrogens is 1300 g/mol. The van der Waals surface area contributed by atoms with Crippen LogP contribution >= 0.6 is 0 Å². The number of aliphatic hydroxyl groups is 11. The topological polar surface area (TPSA) is 307 Å². The molecule has 17 unspecified atom stereocenters. The molecule has 3 aliphatic heterocycles. The molecule has 3 heterocycles. The fourth-order valence-electron chi connectivity index (χ4n) is 15.3. The number of aliphatic hydroxyl groups excluding tert-OH is 11. The molecule has 3 saturated heterocycles. The molecule has 3 rings (SSSR count). The van der Waals surface area contributed by atoms with Crippen molar-refractivity contribution in [1.82, 2.24) is 5.32 Å². The second kappa shape index (κ2) is 64.6. The number of hydrogen-bond donors (Lipinski definition) is 12. The van der Waals surface area contributed by atoms with Gasteiger partial charge in [0.2, 0.25) is 5.91 Å². The van der Waals surface area contributed by atoms with Crippen LogP contribution in [-0.4, -0.2) is 193 Å². The first kappa shape index (κ1) is 95.0. The van der Waals surface area contributed by atoms with Crippen LogP contribution in [0.5, 0.6) is 0 Å². The van der Waals surface area contributed by atoms with Crippen LogP contribution in [0.3, 0.4) is 0 Å². The second-order valence-corrected chi connectivity index (χ2v) is 31.4. The average Bonchev–Trinajstić information content (AvgIpc) is 0.774. The Balaban J connectivity index is 1.27. The minimum atomic E-state index is -1.97. The lowest BCUT2D eigenvalue weighted by Crippen LogP contribution is -2.66. The molecule has 3 aliphatic rings. The first-order chi connectivity index (χ1) is 49.8. The Kier molecular flexibility index (Phi) is 60.2. The maximum absolute atomic E-state index is 13.5. The molecule has 0 radical (unpaired) electrons. The molecule has 0 aliphatic carbocycles. The van der Waals surface area contributed by atoms with E-state index in [1.165, 1.54) is 315 Å². The average molecular weight is 1460 g/mol. The molecule has 17 atom stereocenters. The maximum Gasteiger partial charge on any atom is 0.220 e. The monoisotopic (exact) mass is 1460 g/mol. The van der Waals surface area contributed by atoms with E-state index in [1.807, 2.05) is 0 Å². The van der Waals surface area contributed by atoms with Crippen LogP contribution in [0.15, 0.2) is 0 Å². The van der Waals surface area contributed by atoms with E-state index in [0.717, 1.165) is 44.9 Å². The minimum Gasteiger partial charge on any atom is -0.394 e. The van der Waals surface area contributed by atoms with Gasteiger partial charge < -0.3 is 89.9 Å². The molecule has 606 valence electrons. The van der Waals surface area contributed by atoms with Gasteiger partial charge in [-0.15, -0.1) is 0 Å². The maximum atomic E-state index is 13.5. The zero-order valence-corrected chi connectivity index (χ0v) is 65.1. The van der Waals surface area contributed by atoms with Crippen LogP contribution < -0.4 is 5.32 Å². The number of hydrogen-bond acceptors (Lipinski definition) is 18. The van der Waals surface area contributed by atoms with Crippen LogP contribution in [0.4, 0.5) is 0 Å². The molecule has 0 aromatic rings. The van der Waals surface area contributed by atoms with Crippen LogP contribution in [0.1, 0.15) is 393 Å².